The van der Waals surface area contributed by atoms with Crippen LogP contribution in [0.1, 0.15) is 18.9 Å². The molecule has 6 heteroatoms. The molecule has 1 atom stereocenters. The van der Waals surface area contributed by atoms with E-state index < -0.39 is 0 Å². The fourth-order valence-corrected chi connectivity index (χ4v) is 4.45. The molecule has 3 heterocycles. The van der Waals surface area contributed by atoms with E-state index in [1.807, 2.05) is 18.3 Å². The van der Waals surface area contributed by atoms with Crippen LogP contribution in [0.3, 0.4) is 0 Å². The van der Waals surface area contributed by atoms with E-state index in [1.54, 1.807) is 14.2 Å². The Bertz CT molecular complexity index is 1170. The summed E-state index contributed by atoms with van der Waals surface area (Å²) in [5.41, 5.74) is 3.20. The Kier molecular flexibility index (Phi) is 4.46. The van der Waals surface area contributed by atoms with Gasteiger partial charge >= 0.3 is 0 Å². The molecule has 0 saturated carbocycles. The van der Waals surface area contributed by atoms with Gasteiger partial charge < -0.3 is 18.9 Å². The Morgan fingerprint density at radius 2 is 1.86 bits per heavy atom. The van der Waals surface area contributed by atoms with Crippen LogP contribution >= 0.6 is 0 Å². The van der Waals surface area contributed by atoms with Crippen LogP contribution in [-0.4, -0.2) is 42.1 Å². The Balaban J connectivity index is 1.53. The van der Waals surface area contributed by atoms with Crippen LogP contribution in [0.15, 0.2) is 54.9 Å². The van der Waals surface area contributed by atoms with Gasteiger partial charge in [0.15, 0.2) is 11.5 Å². The number of ether oxygens (including phenoxy) is 2. The summed E-state index contributed by atoms with van der Waals surface area (Å²) in [7, 11) is 3.30. The van der Waals surface area contributed by atoms with E-state index in [9.17, 15) is 0 Å². The molecule has 1 saturated heterocycles. The highest BCUT2D eigenvalue weighted by Gasteiger charge is 2.24. The van der Waals surface area contributed by atoms with E-state index >= 15 is 0 Å². The predicted octanol–water partition coefficient (Wildman–Crippen LogP) is 4.44. The zero-order valence-corrected chi connectivity index (χ0v) is 16.7. The maximum absolute atomic E-state index is 5.52. The quantitative estimate of drug-likeness (QED) is 0.517. The number of hydrogen-bond acceptors (Lipinski definition) is 5. The minimum Gasteiger partial charge on any atom is -0.493 e. The van der Waals surface area contributed by atoms with Crippen molar-refractivity contribution in [3.05, 3.63) is 54.9 Å². The number of aromatic nitrogens is 3. The molecule has 1 unspecified atom stereocenters. The van der Waals surface area contributed by atoms with Gasteiger partial charge in [0, 0.05) is 36.3 Å². The molecular weight excluding hydrogens is 364 g/mol. The maximum atomic E-state index is 5.52. The lowest BCUT2D eigenvalue weighted by molar-refractivity contribution is 0.355. The molecule has 5 rings (SSSR count). The second-order valence-corrected chi connectivity index (χ2v) is 7.48. The van der Waals surface area contributed by atoms with Crippen molar-refractivity contribution < 1.29 is 9.47 Å². The largest absolute Gasteiger partial charge is 0.493 e. The van der Waals surface area contributed by atoms with E-state index in [-0.39, 0.29) is 0 Å². The standard InChI is InChI=1S/C23H24N4O2/c1-28-22-12-18-19(13-23(22)29-2)25-24-14-21(18)26-10-5-7-17(15-26)27-11-9-16-6-3-4-8-20(16)27/h3-4,6,8-9,11-14,17H,5,7,10,15H2,1-2H3. The Morgan fingerprint density at radius 3 is 2.72 bits per heavy atom. The fraction of sp³-hybridized carbons (Fsp3) is 0.304. The second kappa shape index (κ2) is 7.28. The number of anilines is 1. The SMILES string of the molecule is COc1cc2nncc(N3CCCC(n4ccc5ccccc54)C3)c2cc1OC. The summed E-state index contributed by atoms with van der Waals surface area (Å²) >= 11 is 0. The van der Waals surface area contributed by atoms with Gasteiger partial charge in [0.05, 0.1) is 37.7 Å². The van der Waals surface area contributed by atoms with Crippen LogP contribution in [0.2, 0.25) is 0 Å². The van der Waals surface area contributed by atoms with Crippen LogP contribution in [0.4, 0.5) is 5.69 Å². The number of hydrogen-bond donors (Lipinski definition) is 0. The average Bonchev–Trinajstić information content (AvgIpc) is 3.22. The molecule has 0 aliphatic carbocycles. The number of nitrogens with zero attached hydrogens (tertiary/aromatic N) is 4. The van der Waals surface area contributed by atoms with Gasteiger partial charge in [-0.3, -0.25) is 0 Å². The van der Waals surface area contributed by atoms with Gasteiger partial charge in [-0.25, -0.2) is 0 Å². The first-order valence-electron chi connectivity index (χ1n) is 9.96. The number of methoxy groups -OCH3 is 2. The number of rotatable bonds is 4. The van der Waals surface area contributed by atoms with Crippen molar-refractivity contribution >= 4 is 27.5 Å². The molecule has 2 aromatic carbocycles. The van der Waals surface area contributed by atoms with Crippen molar-refractivity contribution in [2.45, 2.75) is 18.9 Å². The van der Waals surface area contributed by atoms with Gasteiger partial charge in [0.1, 0.15) is 0 Å². The Labute approximate surface area is 169 Å². The molecule has 29 heavy (non-hydrogen) atoms. The van der Waals surface area contributed by atoms with Crippen LogP contribution in [0.25, 0.3) is 21.8 Å². The van der Waals surface area contributed by atoms with Crippen molar-refractivity contribution in [1.82, 2.24) is 14.8 Å². The lowest BCUT2D eigenvalue weighted by Gasteiger charge is -2.35. The third-order valence-corrected chi connectivity index (χ3v) is 5.88. The minimum atomic E-state index is 0.423. The van der Waals surface area contributed by atoms with Crippen molar-refractivity contribution in [2.24, 2.45) is 0 Å². The lowest BCUT2D eigenvalue weighted by Crippen LogP contribution is -2.36. The third kappa shape index (κ3) is 3.05. The highest BCUT2D eigenvalue weighted by Crippen LogP contribution is 2.37. The van der Waals surface area contributed by atoms with Gasteiger partial charge in [0.2, 0.25) is 0 Å². The number of para-hydroxylation sites is 1. The highest BCUT2D eigenvalue weighted by atomic mass is 16.5. The number of fused-ring (bicyclic) bond motifs is 2. The van der Waals surface area contributed by atoms with E-state index in [1.165, 1.54) is 17.3 Å². The second-order valence-electron chi connectivity index (χ2n) is 7.48. The number of benzene rings is 2. The van der Waals surface area contributed by atoms with Gasteiger partial charge in [-0.2, -0.15) is 10.2 Å². The first-order valence-corrected chi connectivity index (χ1v) is 9.96. The molecule has 0 radical (unpaired) electrons. The van der Waals surface area contributed by atoms with Crippen LogP contribution in [-0.2, 0) is 0 Å². The van der Waals surface area contributed by atoms with Crippen molar-refractivity contribution in [1.29, 1.82) is 0 Å². The van der Waals surface area contributed by atoms with Gasteiger partial charge in [-0.15, -0.1) is 0 Å². The molecule has 1 aliphatic rings. The Hall–Kier alpha value is -3.28. The first-order chi connectivity index (χ1) is 14.3. The van der Waals surface area contributed by atoms with Crippen molar-refractivity contribution in [3.63, 3.8) is 0 Å². The van der Waals surface area contributed by atoms with Crippen LogP contribution in [0, 0.1) is 0 Å². The molecule has 6 nitrogen and oxygen atoms in total. The summed E-state index contributed by atoms with van der Waals surface area (Å²) in [6.45, 7) is 1.94. The smallest absolute Gasteiger partial charge is 0.162 e. The summed E-state index contributed by atoms with van der Waals surface area (Å²) in [5.74, 6) is 1.38. The van der Waals surface area contributed by atoms with Gasteiger partial charge in [-0.1, -0.05) is 18.2 Å². The molecule has 0 bridgehead atoms. The molecule has 0 spiro atoms. The van der Waals surface area contributed by atoms with Crippen LogP contribution in [0.5, 0.6) is 11.5 Å². The topological polar surface area (TPSA) is 52.4 Å². The van der Waals surface area contributed by atoms with Gasteiger partial charge in [-0.05, 0) is 36.4 Å². The predicted molar refractivity (Wildman–Crippen MR) is 115 cm³/mol. The van der Waals surface area contributed by atoms with E-state index in [0.29, 0.717) is 17.5 Å². The number of piperidine rings is 1. The van der Waals surface area contributed by atoms with E-state index in [0.717, 1.165) is 36.1 Å². The normalized spacial score (nSPS) is 17.0. The Morgan fingerprint density at radius 1 is 1.03 bits per heavy atom. The molecular formula is C23H24N4O2. The molecule has 4 aromatic rings. The maximum Gasteiger partial charge on any atom is 0.162 e. The van der Waals surface area contributed by atoms with Crippen molar-refractivity contribution in [2.75, 3.05) is 32.2 Å². The molecule has 0 N–H and O–H groups in total. The minimum absolute atomic E-state index is 0.423. The zero-order valence-electron chi connectivity index (χ0n) is 16.7. The fourth-order valence-electron chi connectivity index (χ4n) is 4.45. The van der Waals surface area contributed by atoms with Crippen LogP contribution < -0.4 is 14.4 Å². The van der Waals surface area contributed by atoms with E-state index in [4.69, 9.17) is 9.47 Å². The van der Waals surface area contributed by atoms with E-state index in [2.05, 4.69) is 56.2 Å². The monoisotopic (exact) mass is 388 g/mol. The molecule has 1 aliphatic heterocycles. The first kappa shape index (κ1) is 17.8. The highest BCUT2D eigenvalue weighted by molar-refractivity contribution is 5.93. The molecule has 148 valence electrons. The lowest BCUT2D eigenvalue weighted by atomic mass is 10.0. The summed E-state index contributed by atoms with van der Waals surface area (Å²) in [6.07, 6.45) is 6.39. The molecule has 0 amide bonds. The summed E-state index contributed by atoms with van der Waals surface area (Å²) in [6, 6.07) is 15.1. The zero-order chi connectivity index (χ0) is 19.8. The van der Waals surface area contributed by atoms with Crippen molar-refractivity contribution in [3.8, 4) is 11.5 Å². The summed E-state index contributed by atoms with van der Waals surface area (Å²) in [5, 5.41) is 10.9. The molecule has 1 fully saturated rings. The average molecular weight is 388 g/mol. The third-order valence-electron chi connectivity index (χ3n) is 5.88. The molecule has 2 aromatic heterocycles. The summed E-state index contributed by atoms with van der Waals surface area (Å²) < 4.78 is 13.4. The summed E-state index contributed by atoms with van der Waals surface area (Å²) in [4.78, 5) is 2.42. The van der Waals surface area contributed by atoms with Gasteiger partial charge in [0.25, 0.3) is 0 Å².